The van der Waals surface area contributed by atoms with Crippen LogP contribution < -0.4 is 10.1 Å². The number of ether oxygens (including phenoxy) is 1. The first-order chi connectivity index (χ1) is 9.43. The standard InChI is InChI=1S/C13H18N2O5/c1-3-20-12-7-10(6-11(8-12)15(18)19)14-5-4-9(2)13(16)17/h6-9,14H,3-5H2,1-2H3,(H,16,17). The molecule has 0 amide bonds. The van der Waals surface area contributed by atoms with Crippen molar-refractivity contribution in [3.63, 3.8) is 0 Å². The number of rotatable bonds is 8. The number of carbonyl (C=O) groups is 1. The number of carboxylic acid groups (broad SMARTS) is 1. The summed E-state index contributed by atoms with van der Waals surface area (Å²) in [6, 6.07) is 4.41. The van der Waals surface area contributed by atoms with E-state index in [9.17, 15) is 14.9 Å². The lowest BCUT2D eigenvalue weighted by Crippen LogP contribution is -2.14. The van der Waals surface area contributed by atoms with Crippen molar-refractivity contribution in [1.29, 1.82) is 0 Å². The fraction of sp³-hybridized carbons (Fsp3) is 0.462. The highest BCUT2D eigenvalue weighted by Crippen LogP contribution is 2.26. The normalized spacial score (nSPS) is 11.7. The summed E-state index contributed by atoms with van der Waals surface area (Å²) >= 11 is 0. The quantitative estimate of drug-likeness (QED) is 0.561. The first kappa shape index (κ1) is 15.7. The maximum atomic E-state index is 10.8. The lowest BCUT2D eigenvalue weighted by Gasteiger charge is -2.10. The minimum atomic E-state index is -0.860. The monoisotopic (exact) mass is 282 g/mol. The van der Waals surface area contributed by atoms with Gasteiger partial charge in [0.25, 0.3) is 5.69 Å². The molecule has 7 heteroatoms. The molecule has 2 N–H and O–H groups in total. The zero-order chi connectivity index (χ0) is 15.1. The Labute approximate surface area is 116 Å². The fourth-order valence-corrected chi connectivity index (χ4v) is 1.60. The first-order valence-corrected chi connectivity index (χ1v) is 6.33. The van der Waals surface area contributed by atoms with Gasteiger partial charge in [0.15, 0.2) is 0 Å². The summed E-state index contributed by atoms with van der Waals surface area (Å²) in [5.41, 5.74) is 0.477. The van der Waals surface area contributed by atoms with Gasteiger partial charge in [-0.25, -0.2) is 0 Å². The van der Waals surface area contributed by atoms with Crippen molar-refractivity contribution >= 4 is 17.3 Å². The molecule has 0 aliphatic heterocycles. The molecule has 0 aliphatic rings. The van der Waals surface area contributed by atoms with Crippen LogP contribution in [-0.2, 0) is 4.79 Å². The molecule has 0 saturated heterocycles. The van der Waals surface area contributed by atoms with Crippen LogP contribution >= 0.6 is 0 Å². The zero-order valence-corrected chi connectivity index (χ0v) is 11.5. The Kier molecular flexibility index (Phi) is 5.76. The Morgan fingerprint density at radius 1 is 1.50 bits per heavy atom. The Morgan fingerprint density at radius 3 is 2.75 bits per heavy atom. The van der Waals surface area contributed by atoms with Crippen molar-refractivity contribution < 1.29 is 19.6 Å². The summed E-state index contributed by atoms with van der Waals surface area (Å²) in [6.07, 6.45) is 0.433. The molecule has 7 nitrogen and oxygen atoms in total. The van der Waals surface area contributed by atoms with Crippen molar-refractivity contribution in [2.45, 2.75) is 20.3 Å². The number of nitrogens with one attached hydrogen (secondary N) is 1. The van der Waals surface area contributed by atoms with Crippen LogP contribution in [0.1, 0.15) is 20.3 Å². The highest BCUT2D eigenvalue weighted by molar-refractivity contribution is 5.69. The van der Waals surface area contributed by atoms with E-state index < -0.39 is 16.8 Å². The third-order valence-corrected chi connectivity index (χ3v) is 2.74. The molecule has 110 valence electrons. The number of carboxylic acids is 1. The Balaban J connectivity index is 2.73. The van der Waals surface area contributed by atoms with Gasteiger partial charge in [-0.2, -0.15) is 0 Å². The van der Waals surface area contributed by atoms with Crippen molar-refractivity contribution in [1.82, 2.24) is 0 Å². The van der Waals surface area contributed by atoms with E-state index >= 15 is 0 Å². The molecule has 1 aromatic carbocycles. The van der Waals surface area contributed by atoms with Gasteiger partial charge in [-0.3, -0.25) is 14.9 Å². The van der Waals surface area contributed by atoms with E-state index in [0.29, 0.717) is 31.0 Å². The maximum absolute atomic E-state index is 10.8. The van der Waals surface area contributed by atoms with Crippen LogP contribution in [0, 0.1) is 16.0 Å². The molecule has 0 aliphatic carbocycles. The molecule has 0 spiro atoms. The van der Waals surface area contributed by atoms with Crippen LogP contribution in [0.3, 0.4) is 0 Å². The van der Waals surface area contributed by atoms with Crippen molar-refractivity contribution in [3.05, 3.63) is 28.3 Å². The van der Waals surface area contributed by atoms with Gasteiger partial charge in [-0.1, -0.05) is 6.92 Å². The molecular formula is C13H18N2O5. The second-order valence-corrected chi connectivity index (χ2v) is 4.36. The predicted molar refractivity (Wildman–Crippen MR) is 74.2 cm³/mol. The van der Waals surface area contributed by atoms with Crippen LogP contribution in [-0.4, -0.2) is 29.2 Å². The van der Waals surface area contributed by atoms with E-state index in [4.69, 9.17) is 9.84 Å². The molecule has 0 saturated carbocycles. The third kappa shape index (κ3) is 4.75. The third-order valence-electron chi connectivity index (χ3n) is 2.74. The molecule has 0 aromatic heterocycles. The summed E-state index contributed by atoms with van der Waals surface area (Å²) in [6.45, 7) is 4.24. The van der Waals surface area contributed by atoms with Crippen molar-refractivity contribution in [2.75, 3.05) is 18.5 Å². The highest BCUT2D eigenvalue weighted by atomic mass is 16.6. The van der Waals surface area contributed by atoms with Crippen LogP contribution in [0.25, 0.3) is 0 Å². The SMILES string of the molecule is CCOc1cc(NCCC(C)C(=O)O)cc([N+](=O)[O-])c1. The molecule has 0 bridgehead atoms. The summed E-state index contributed by atoms with van der Waals surface area (Å²) < 4.78 is 5.26. The predicted octanol–water partition coefficient (Wildman–Crippen LogP) is 2.52. The second kappa shape index (κ2) is 7.32. The number of nitro groups is 1. The highest BCUT2D eigenvalue weighted by Gasteiger charge is 2.12. The van der Waals surface area contributed by atoms with E-state index in [1.165, 1.54) is 12.1 Å². The van der Waals surface area contributed by atoms with E-state index in [1.807, 2.05) is 0 Å². The number of nitrogens with zero attached hydrogens (tertiary/aromatic N) is 1. The molecule has 1 aromatic rings. The number of nitro benzene ring substituents is 1. The zero-order valence-electron chi connectivity index (χ0n) is 11.5. The summed E-state index contributed by atoms with van der Waals surface area (Å²) in [5.74, 6) is -0.913. The van der Waals surface area contributed by atoms with Crippen LogP contribution in [0.2, 0.25) is 0 Å². The second-order valence-electron chi connectivity index (χ2n) is 4.36. The molecule has 20 heavy (non-hydrogen) atoms. The van der Waals surface area contributed by atoms with Crippen LogP contribution in [0.4, 0.5) is 11.4 Å². The van der Waals surface area contributed by atoms with E-state index in [1.54, 1.807) is 19.9 Å². The van der Waals surface area contributed by atoms with Gasteiger partial charge in [0.1, 0.15) is 5.75 Å². The number of hydrogen-bond acceptors (Lipinski definition) is 5. The van der Waals surface area contributed by atoms with E-state index in [2.05, 4.69) is 5.32 Å². The number of benzene rings is 1. The maximum Gasteiger partial charge on any atom is 0.306 e. The minimum Gasteiger partial charge on any atom is -0.494 e. The lowest BCUT2D eigenvalue weighted by atomic mass is 10.1. The molecule has 1 rings (SSSR count). The van der Waals surface area contributed by atoms with Crippen molar-refractivity contribution in [3.8, 4) is 5.75 Å². The summed E-state index contributed by atoms with van der Waals surface area (Å²) in [5, 5.41) is 22.6. The topological polar surface area (TPSA) is 102 Å². The molecule has 0 fully saturated rings. The van der Waals surface area contributed by atoms with Gasteiger partial charge in [0, 0.05) is 24.4 Å². The number of hydrogen-bond donors (Lipinski definition) is 2. The number of non-ortho nitro benzene ring substituents is 1. The molecule has 0 radical (unpaired) electrons. The Morgan fingerprint density at radius 2 is 2.20 bits per heavy atom. The fourth-order valence-electron chi connectivity index (χ4n) is 1.60. The average molecular weight is 282 g/mol. The molecule has 1 atom stereocenters. The first-order valence-electron chi connectivity index (χ1n) is 6.33. The van der Waals surface area contributed by atoms with Gasteiger partial charge in [-0.15, -0.1) is 0 Å². The lowest BCUT2D eigenvalue weighted by molar-refractivity contribution is -0.384. The minimum absolute atomic E-state index is 0.0651. The smallest absolute Gasteiger partial charge is 0.306 e. The van der Waals surface area contributed by atoms with Gasteiger partial charge < -0.3 is 15.2 Å². The van der Waals surface area contributed by atoms with Gasteiger partial charge in [-0.05, 0) is 13.3 Å². The Hall–Kier alpha value is -2.31. The number of anilines is 1. The number of aliphatic carboxylic acids is 1. The van der Waals surface area contributed by atoms with Crippen LogP contribution in [0.15, 0.2) is 18.2 Å². The molecule has 1 unspecified atom stereocenters. The van der Waals surface area contributed by atoms with Crippen LogP contribution in [0.5, 0.6) is 5.75 Å². The van der Waals surface area contributed by atoms with E-state index in [-0.39, 0.29) is 5.69 Å². The van der Waals surface area contributed by atoms with Crippen molar-refractivity contribution in [2.24, 2.45) is 5.92 Å². The Bertz CT molecular complexity index is 490. The average Bonchev–Trinajstić information content (AvgIpc) is 2.38. The van der Waals surface area contributed by atoms with Gasteiger partial charge in [0.05, 0.1) is 23.5 Å². The van der Waals surface area contributed by atoms with Gasteiger partial charge >= 0.3 is 5.97 Å². The summed E-state index contributed by atoms with van der Waals surface area (Å²) in [4.78, 5) is 21.0. The van der Waals surface area contributed by atoms with Gasteiger partial charge in [0.2, 0.25) is 0 Å². The van der Waals surface area contributed by atoms with E-state index in [0.717, 1.165) is 0 Å². The summed E-state index contributed by atoms with van der Waals surface area (Å²) in [7, 11) is 0. The molecular weight excluding hydrogens is 264 g/mol. The molecule has 0 heterocycles. The largest absolute Gasteiger partial charge is 0.494 e.